The number of carboxylic acid groups (broad SMARTS) is 1. The maximum atomic E-state index is 12.8. The molecule has 0 amide bonds. The van der Waals surface area contributed by atoms with Gasteiger partial charge in [-0.3, -0.25) is 9.59 Å². The van der Waals surface area contributed by atoms with Gasteiger partial charge in [0, 0.05) is 19.3 Å². The van der Waals surface area contributed by atoms with Gasteiger partial charge in [0.1, 0.15) is 12.6 Å². The Morgan fingerprint density at radius 3 is 1.22 bits per heavy atom. The summed E-state index contributed by atoms with van der Waals surface area (Å²) in [5, 5.41) is 11.7. The van der Waals surface area contributed by atoms with Gasteiger partial charge < -0.3 is 28.6 Å². The van der Waals surface area contributed by atoms with Gasteiger partial charge in [0.05, 0.1) is 40.3 Å². The second kappa shape index (κ2) is 50.9. The molecule has 0 radical (unpaired) electrons. The van der Waals surface area contributed by atoms with Gasteiger partial charge >= 0.3 is 11.9 Å². The van der Waals surface area contributed by atoms with Gasteiger partial charge in [-0.1, -0.05) is 249 Å². The fourth-order valence-electron chi connectivity index (χ4n) is 8.85. The quantitative estimate of drug-likeness (QED) is 0.0259. The molecule has 2 unspecified atom stereocenters. The lowest BCUT2D eigenvalue weighted by molar-refractivity contribution is -0.889. The number of nitrogens with zero attached hydrogens (tertiary/aromatic N) is 1. The van der Waals surface area contributed by atoms with Gasteiger partial charge in [-0.2, -0.15) is 0 Å². The van der Waals surface area contributed by atoms with Crippen molar-refractivity contribution in [2.45, 2.75) is 289 Å². The Balaban J connectivity index is 4.12. The predicted octanol–water partition coefficient (Wildman–Crippen LogP) is 16.0. The van der Waals surface area contributed by atoms with Crippen molar-refractivity contribution in [2.75, 3.05) is 41.0 Å². The Kier molecular flexibility index (Phi) is 49.1. The molecular weight excluding hydrogens is 847 g/mol. The van der Waals surface area contributed by atoms with Gasteiger partial charge in [-0.05, 0) is 44.9 Å². The number of allylic oxidation sites excluding steroid dienone is 6. The van der Waals surface area contributed by atoms with Crippen LogP contribution in [0.25, 0.3) is 0 Å². The third-order valence-corrected chi connectivity index (χ3v) is 13.3. The highest BCUT2D eigenvalue weighted by molar-refractivity contribution is 5.70. The average molecular weight is 959 g/mol. The van der Waals surface area contributed by atoms with Crippen molar-refractivity contribution in [3.63, 3.8) is 0 Å². The van der Waals surface area contributed by atoms with Crippen LogP contribution in [0.4, 0.5) is 0 Å². The lowest BCUT2D eigenvalue weighted by Gasteiger charge is -2.34. The number of carbonyl (C=O) groups excluding carboxylic acids is 3. The van der Waals surface area contributed by atoms with Crippen molar-refractivity contribution >= 4 is 17.9 Å². The highest BCUT2D eigenvalue weighted by Crippen LogP contribution is 2.17. The van der Waals surface area contributed by atoms with E-state index in [-0.39, 0.29) is 42.7 Å². The van der Waals surface area contributed by atoms with Crippen molar-refractivity contribution < 1.29 is 38.2 Å². The summed E-state index contributed by atoms with van der Waals surface area (Å²) in [5.41, 5.74) is 0. The summed E-state index contributed by atoms with van der Waals surface area (Å²) in [4.78, 5) is 37.2. The van der Waals surface area contributed by atoms with Crippen LogP contribution in [0.15, 0.2) is 36.5 Å². The first-order valence-electron chi connectivity index (χ1n) is 29.0. The van der Waals surface area contributed by atoms with Crippen LogP contribution in [0.3, 0.4) is 0 Å². The van der Waals surface area contributed by atoms with Crippen LogP contribution < -0.4 is 5.11 Å². The van der Waals surface area contributed by atoms with E-state index < -0.39 is 18.1 Å². The van der Waals surface area contributed by atoms with Gasteiger partial charge in [0.15, 0.2) is 6.10 Å². The first-order chi connectivity index (χ1) is 33.1. The lowest BCUT2D eigenvalue weighted by Crippen LogP contribution is -2.55. The number of hydrogen-bond donors (Lipinski definition) is 0. The SMILES string of the molecule is CC/C=C/C/C=C/C/C=C/CCCCCCCCCCCCCC(=O)OC(COCCC(C(=O)[O-])[N+](C)(C)C)COC(=O)CCCCCCCCCCCCCCCCCCCCCCCCC. The number of hydrogen-bond acceptors (Lipinski definition) is 7. The zero-order chi connectivity index (χ0) is 49.9. The van der Waals surface area contributed by atoms with Crippen molar-refractivity contribution in [1.82, 2.24) is 0 Å². The summed E-state index contributed by atoms with van der Waals surface area (Å²) >= 11 is 0. The van der Waals surface area contributed by atoms with Crippen LogP contribution >= 0.6 is 0 Å². The minimum Gasteiger partial charge on any atom is -0.544 e. The third-order valence-electron chi connectivity index (χ3n) is 13.3. The molecule has 0 aromatic carbocycles. The number of carboxylic acids is 1. The van der Waals surface area contributed by atoms with Gasteiger partial charge in [0.25, 0.3) is 0 Å². The molecule has 2 atom stereocenters. The number of unbranched alkanes of at least 4 members (excludes halogenated alkanes) is 33. The average Bonchev–Trinajstić information content (AvgIpc) is 3.30. The molecule has 0 spiro atoms. The molecule has 8 heteroatoms. The van der Waals surface area contributed by atoms with Crippen LogP contribution in [0.2, 0.25) is 0 Å². The number of likely N-dealkylation sites (N-methyl/N-ethyl adjacent to an activating group) is 1. The van der Waals surface area contributed by atoms with E-state index in [4.69, 9.17) is 14.2 Å². The van der Waals surface area contributed by atoms with E-state index in [1.165, 1.54) is 186 Å². The Hall–Kier alpha value is -2.45. The van der Waals surface area contributed by atoms with Crippen LogP contribution in [-0.2, 0) is 28.6 Å². The monoisotopic (exact) mass is 958 g/mol. The zero-order valence-corrected chi connectivity index (χ0v) is 45.5. The van der Waals surface area contributed by atoms with E-state index in [0.29, 0.717) is 12.8 Å². The first kappa shape index (κ1) is 65.5. The molecule has 0 aromatic rings. The summed E-state index contributed by atoms with van der Waals surface area (Å²) in [6.45, 7) is 4.61. The number of quaternary nitrogens is 1. The van der Waals surface area contributed by atoms with E-state index in [1.807, 2.05) is 21.1 Å². The summed E-state index contributed by atoms with van der Waals surface area (Å²) in [6, 6.07) is -0.726. The van der Waals surface area contributed by atoms with E-state index in [9.17, 15) is 19.5 Å². The molecule has 0 rings (SSSR count). The summed E-state index contributed by atoms with van der Waals surface area (Å²) in [5.74, 6) is -1.72. The molecule has 0 aliphatic carbocycles. The Morgan fingerprint density at radius 2 is 0.824 bits per heavy atom. The Morgan fingerprint density at radius 1 is 0.456 bits per heavy atom. The molecule has 0 bridgehead atoms. The van der Waals surface area contributed by atoms with E-state index in [2.05, 4.69) is 50.3 Å². The summed E-state index contributed by atoms with van der Waals surface area (Å²) in [7, 11) is 5.43. The fourth-order valence-corrected chi connectivity index (χ4v) is 8.85. The molecule has 68 heavy (non-hydrogen) atoms. The second-order valence-corrected chi connectivity index (χ2v) is 20.9. The van der Waals surface area contributed by atoms with Crippen LogP contribution in [0.5, 0.6) is 0 Å². The van der Waals surface area contributed by atoms with Crippen molar-refractivity contribution in [1.29, 1.82) is 0 Å². The Labute approximate surface area is 421 Å². The molecule has 0 aromatic heterocycles. The minimum atomic E-state index is -1.12. The highest BCUT2D eigenvalue weighted by atomic mass is 16.6. The topological polar surface area (TPSA) is 102 Å². The number of ether oxygens (including phenoxy) is 3. The summed E-state index contributed by atoms with van der Waals surface area (Å²) in [6.07, 6.45) is 61.9. The standard InChI is InChI=1S/C60H111NO7/c1-6-8-10-12-14-16-18-20-22-24-26-28-29-31-32-34-36-38-40-42-44-46-48-50-58(62)67-55-56(54-66-53-52-57(60(64)65)61(3,4)5)68-59(63)51-49-47-45-43-41-39-37-35-33-30-27-25-23-21-19-17-15-13-11-9-7-2/h9,11,15,17,21,23,56-57H,6-8,10,12-14,16,18-20,22,24-55H2,1-5H3/b11-9+,17-15+,23-21+. The molecule has 0 saturated carbocycles. The van der Waals surface area contributed by atoms with Crippen molar-refractivity contribution in [3.8, 4) is 0 Å². The number of aliphatic carboxylic acids is 1. The Bertz CT molecular complexity index is 1210. The van der Waals surface area contributed by atoms with E-state index in [1.54, 1.807) is 0 Å². The summed E-state index contributed by atoms with van der Waals surface area (Å²) < 4.78 is 17.3. The molecule has 0 heterocycles. The molecule has 0 fully saturated rings. The van der Waals surface area contributed by atoms with Crippen molar-refractivity contribution in [2.24, 2.45) is 0 Å². The second-order valence-electron chi connectivity index (χ2n) is 20.9. The van der Waals surface area contributed by atoms with Crippen molar-refractivity contribution in [3.05, 3.63) is 36.5 Å². The zero-order valence-electron chi connectivity index (χ0n) is 45.5. The van der Waals surface area contributed by atoms with Crippen LogP contribution in [-0.4, -0.2) is 75.5 Å². The van der Waals surface area contributed by atoms with Gasteiger partial charge in [0.2, 0.25) is 0 Å². The molecule has 0 saturated heterocycles. The third kappa shape index (κ3) is 48.6. The largest absolute Gasteiger partial charge is 0.544 e. The predicted molar refractivity (Wildman–Crippen MR) is 287 cm³/mol. The molecule has 8 nitrogen and oxygen atoms in total. The number of esters is 2. The van der Waals surface area contributed by atoms with E-state index >= 15 is 0 Å². The fraction of sp³-hybridized carbons (Fsp3) is 0.850. The molecule has 398 valence electrons. The normalized spacial score (nSPS) is 13.0. The minimum absolute atomic E-state index is 0.0435. The maximum Gasteiger partial charge on any atom is 0.306 e. The van der Waals surface area contributed by atoms with Gasteiger partial charge in [-0.25, -0.2) is 0 Å². The maximum absolute atomic E-state index is 12.8. The molecule has 0 aliphatic rings. The first-order valence-corrected chi connectivity index (χ1v) is 29.0. The van der Waals surface area contributed by atoms with E-state index in [0.717, 1.165) is 57.8 Å². The lowest BCUT2D eigenvalue weighted by atomic mass is 10.0. The van der Waals surface area contributed by atoms with Gasteiger partial charge in [-0.15, -0.1) is 0 Å². The number of rotatable bonds is 53. The molecular formula is C60H111NO7. The molecule has 0 aliphatic heterocycles. The smallest absolute Gasteiger partial charge is 0.306 e. The van der Waals surface area contributed by atoms with Crippen LogP contribution in [0.1, 0.15) is 277 Å². The molecule has 0 N–H and O–H groups in total. The van der Waals surface area contributed by atoms with Crippen LogP contribution in [0, 0.1) is 0 Å². The number of carbonyl (C=O) groups is 3. The highest BCUT2D eigenvalue weighted by Gasteiger charge is 2.25.